The number of nitrogens with one attached hydrogen (secondary N) is 1. The summed E-state index contributed by atoms with van der Waals surface area (Å²) in [6.45, 7) is 6.60. The number of nitrogens with two attached hydrogens (primary N) is 1. The number of aromatic amines is 1. The Morgan fingerprint density at radius 1 is 1.00 bits per heavy atom. The third-order valence-electron chi connectivity index (χ3n) is 5.85. The Balaban J connectivity index is 1.81. The van der Waals surface area contributed by atoms with Crippen LogP contribution in [-0.2, 0) is 5.41 Å². The van der Waals surface area contributed by atoms with Crippen molar-refractivity contribution < 1.29 is 4.39 Å². The lowest BCUT2D eigenvalue weighted by atomic mass is 9.68. The Morgan fingerprint density at radius 3 is 2.32 bits per heavy atom. The van der Waals surface area contributed by atoms with E-state index >= 15 is 0 Å². The number of halogens is 1. The number of rotatable bonds is 4. The molecule has 0 amide bonds. The second-order valence-electron chi connectivity index (χ2n) is 7.66. The van der Waals surface area contributed by atoms with Gasteiger partial charge in [0.1, 0.15) is 5.82 Å². The maximum Gasteiger partial charge on any atom is 0.219 e. The van der Waals surface area contributed by atoms with Crippen LogP contribution >= 0.6 is 0 Å². The lowest BCUT2D eigenvalue weighted by molar-refractivity contribution is 0.408. The zero-order chi connectivity index (χ0) is 19.9. The van der Waals surface area contributed by atoms with Gasteiger partial charge < -0.3 is 10.7 Å². The fourth-order valence-corrected chi connectivity index (χ4v) is 3.82. The van der Waals surface area contributed by atoms with Crippen LogP contribution in [0.15, 0.2) is 61.1 Å². The van der Waals surface area contributed by atoms with Gasteiger partial charge in [-0.1, -0.05) is 45.0 Å². The first-order valence-corrected chi connectivity index (χ1v) is 9.35. The van der Waals surface area contributed by atoms with Crippen LogP contribution in [0.2, 0.25) is 0 Å². The average Bonchev–Trinajstić information content (AvgIpc) is 3.11. The van der Waals surface area contributed by atoms with Gasteiger partial charge in [-0.3, -0.25) is 0 Å². The van der Waals surface area contributed by atoms with Crippen molar-refractivity contribution in [3.63, 3.8) is 0 Å². The largest absolute Gasteiger partial charge is 0.368 e. The number of nitrogens with zero attached hydrogens (tertiary/aromatic N) is 2. The highest BCUT2D eigenvalue weighted by Gasteiger charge is 2.34. The maximum atomic E-state index is 13.9. The van der Waals surface area contributed by atoms with Crippen molar-refractivity contribution in [3.05, 3.63) is 78.0 Å². The molecule has 0 spiro atoms. The molecule has 1 atom stereocenters. The Hall–Kier alpha value is -3.21. The topological polar surface area (TPSA) is 67.6 Å². The van der Waals surface area contributed by atoms with Crippen molar-refractivity contribution >= 4 is 16.9 Å². The molecule has 0 bridgehead atoms. The maximum absolute atomic E-state index is 13.9. The molecule has 5 heteroatoms. The van der Waals surface area contributed by atoms with Crippen molar-refractivity contribution in [1.29, 1.82) is 0 Å². The summed E-state index contributed by atoms with van der Waals surface area (Å²) < 4.78 is 13.9. The number of hydrogen-bond acceptors (Lipinski definition) is 3. The van der Waals surface area contributed by atoms with Gasteiger partial charge in [0.2, 0.25) is 5.95 Å². The minimum Gasteiger partial charge on any atom is -0.368 e. The summed E-state index contributed by atoms with van der Waals surface area (Å²) in [5, 5.41) is 0.923. The Morgan fingerprint density at radius 2 is 1.68 bits per heavy atom. The highest BCUT2D eigenvalue weighted by molar-refractivity contribution is 5.85. The lowest BCUT2D eigenvalue weighted by Crippen LogP contribution is -2.29. The van der Waals surface area contributed by atoms with Crippen LogP contribution in [0, 0.1) is 11.7 Å². The third-order valence-corrected chi connectivity index (χ3v) is 5.85. The molecular formula is C23H23FN4. The first-order chi connectivity index (χ1) is 13.4. The number of H-pyrrole nitrogens is 1. The standard InChI is InChI=1S/C23H23FN4/c1-14(2)23(3,20-13-26-21-9-8-18(24)10-19(20)21)17-6-4-15(5-7-17)16-11-27-22(25)28-12-16/h4-14,26H,1-3H3,(H2,25,27,28). The Bertz CT molecular complexity index is 1110. The van der Waals surface area contributed by atoms with Gasteiger partial charge in [-0.15, -0.1) is 0 Å². The van der Waals surface area contributed by atoms with Gasteiger partial charge in [-0.2, -0.15) is 0 Å². The minimum atomic E-state index is -0.276. The van der Waals surface area contributed by atoms with E-state index in [1.165, 1.54) is 11.6 Å². The van der Waals surface area contributed by atoms with Crippen molar-refractivity contribution in [2.24, 2.45) is 5.92 Å². The molecule has 4 aromatic rings. The summed E-state index contributed by atoms with van der Waals surface area (Å²) in [5.74, 6) is 0.345. The predicted octanol–water partition coefficient (Wildman–Crippen LogP) is 5.31. The summed E-state index contributed by atoms with van der Waals surface area (Å²) in [6, 6.07) is 13.3. The summed E-state index contributed by atoms with van der Waals surface area (Å²) in [7, 11) is 0. The van der Waals surface area contributed by atoms with Gasteiger partial charge in [0.25, 0.3) is 0 Å². The van der Waals surface area contributed by atoms with Gasteiger partial charge in [0, 0.05) is 40.5 Å². The van der Waals surface area contributed by atoms with E-state index < -0.39 is 0 Å². The van der Waals surface area contributed by atoms with E-state index in [1.54, 1.807) is 24.5 Å². The second-order valence-corrected chi connectivity index (χ2v) is 7.66. The fourth-order valence-electron chi connectivity index (χ4n) is 3.82. The quantitative estimate of drug-likeness (QED) is 0.509. The molecule has 3 N–H and O–H groups in total. The predicted molar refractivity (Wildman–Crippen MR) is 111 cm³/mol. The summed E-state index contributed by atoms with van der Waals surface area (Å²) in [4.78, 5) is 11.4. The third kappa shape index (κ3) is 2.93. The number of anilines is 1. The van der Waals surface area contributed by atoms with Gasteiger partial charge in [0.05, 0.1) is 0 Å². The van der Waals surface area contributed by atoms with Gasteiger partial charge in [-0.05, 0) is 40.8 Å². The van der Waals surface area contributed by atoms with Crippen LogP contribution in [0.3, 0.4) is 0 Å². The molecule has 142 valence electrons. The molecule has 28 heavy (non-hydrogen) atoms. The van der Waals surface area contributed by atoms with Crippen molar-refractivity contribution in [2.45, 2.75) is 26.2 Å². The van der Waals surface area contributed by atoms with E-state index in [0.29, 0.717) is 5.92 Å². The summed E-state index contributed by atoms with van der Waals surface area (Å²) in [6.07, 6.45) is 5.45. The molecule has 0 saturated heterocycles. The van der Waals surface area contributed by atoms with Gasteiger partial charge >= 0.3 is 0 Å². The first kappa shape index (κ1) is 18.2. The highest BCUT2D eigenvalue weighted by atomic mass is 19.1. The lowest BCUT2D eigenvalue weighted by Gasteiger charge is -2.35. The van der Waals surface area contributed by atoms with Crippen molar-refractivity contribution in [2.75, 3.05) is 5.73 Å². The molecule has 0 aliphatic rings. The first-order valence-electron chi connectivity index (χ1n) is 9.35. The molecule has 4 nitrogen and oxygen atoms in total. The molecule has 0 aliphatic heterocycles. The molecule has 1 unspecified atom stereocenters. The molecule has 2 aromatic heterocycles. The van der Waals surface area contributed by atoms with Crippen molar-refractivity contribution in [1.82, 2.24) is 15.0 Å². The molecule has 0 aliphatic carbocycles. The van der Waals surface area contributed by atoms with Crippen LogP contribution in [0.4, 0.5) is 10.3 Å². The number of nitrogen functional groups attached to an aromatic ring is 1. The molecular weight excluding hydrogens is 351 g/mol. The van der Waals surface area contributed by atoms with Crippen LogP contribution in [0.5, 0.6) is 0 Å². The van der Waals surface area contributed by atoms with E-state index in [0.717, 1.165) is 27.6 Å². The zero-order valence-corrected chi connectivity index (χ0v) is 16.2. The van der Waals surface area contributed by atoms with E-state index in [2.05, 4.69) is 60.0 Å². The van der Waals surface area contributed by atoms with E-state index in [-0.39, 0.29) is 17.2 Å². The molecule has 4 rings (SSSR count). The van der Waals surface area contributed by atoms with Crippen LogP contribution in [0.1, 0.15) is 31.9 Å². The molecule has 2 aromatic carbocycles. The summed E-state index contributed by atoms with van der Waals surface area (Å²) >= 11 is 0. The molecule has 2 heterocycles. The van der Waals surface area contributed by atoms with Gasteiger partial charge in [0.15, 0.2) is 0 Å². The Kier molecular flexibility index (Phi) is 4.38. The molecule has 0 radical (unpaired) electrons. The van der Waals surface area contributed by atoms with E-state index in [1.807, 2.05) is 6.20 Å². The number of fused-ring (bicyclic) bond motifs is 1. The SMILES string of the molecule is CC(C)C(C)(c1ccc(-c2cnc(N)nc2)cc1)c1c[nH]c2ccc(F)cc12. The fraction of sp³-hybridized carbons (Fsp3) is 0.217. The van der Waals surface area contributed by atoms with Gasteiger partial charge in [-0.25, -0.2) is 14.4 Å². The van der Waals surface area contributed by atoms with Crippen molar-refractivity contribution in [3.8, 4) is 11.1 Å². The highest BCUT2D eigenvalue weighted by Crippen LogP contribution is 2.42. The molecule has 0 saturated carbocycles. The number of benzene rings is 2. The van der Waals surface area contributed by atoms with E-state index in [4.69, 9.17) is 5.73 Å². The average molecular weight is 374 g/mol. The number of aromatic nitrogens is 3. The summed E-state index contributed by atoms with van der Waals surface area (Å²) in [5.41, 5.74) is 10.5. The van der Waals surface area contributed by atoms with E-state index in [9.17, 15) is 4.39 Å². The van der Waals surface area contributed by atoms with Crippen LogP contribution in [0.25, 0.3) is 22.0 Å². The minimum absolute atomic E-state index is 0.224. The second kappa shape index (κ2) is 6.75. The van der Waals surface area contributed by atoms with Crippen LogP contribution < -0.4 is 5.73 Å². The van der Waals surface area contributed by atoms with Crippen LogP contribution in [-0.4, -0.2) is 15.0 Å². The Labute approximate surface area is 163 Å². The monoisotopic (exact) mass is 374 g/mol. The number of hydrogen-bond donors (Lipinski definition) is 2. The smallest absolute Gasteiger partial charge is 0.219 e. The zero-order valence-electron chi connectivity index (χ0n) is 16.2. The normalized spacial score (nSPS) is 13.8. The molecule has 0 fully saturated rings.